The van der Waals surface area contributed by atoms with Crippen molar-refractivity contribution in [2.45, 2.75) is 64.8 Å². The van der Waals surface area contributed by atoms with Crippen LogP contribution in [0.1, 0.15) is 49.9 Å². The number of piperidine rings is 1. The van der Waals surface area contributed by atoms with E-state index in [2.05, 4.69) is 37.1 Å². The van der Waals surface area contributed by atoms with Crippen LogP contribution in [0.15, 0.2) is 34.9 Å². The summed E-state index contributed by atoms with van der Waals surface area (Å²) in [6.45, 7) is 12.2. The Labute approximate surface area is 232 Å². The summed E-state index contributed by atoms with van der Waals surface area (Å²) < 4.78 is 44.2. The number of nitrogens with one attached hydrogen (secondary N) is 1. The first-order valence-electron chi connectivity index (χ1n) is 14.1. The first-order valence-corrected chi connectivity index (χ1v) is 14.1. The maximum atomic E-state index is 12.9. The Morgan fingerprint density at radius 1 is 1.02 bits per heavy atom. The Hall–Kier alpha value is -3.25. The molecule has 1 N–H and O–H groups in total. The number of rotatable bonds is 8. The maximum Gasteiger partial charge on any atom is 0.416 e. The third-order valence-electron chi connectivity index (χ3n) is 7.91. The van der Waals surface area contributed by atoms with Gasteiger partial charge in [-0.3, -0.25) is 9.80 Å². The van der Waals surface area contributed by atoms with Crippen molar-refractivity contribution < 1.29 is 17.6 Å². The topological polar surface area (TPSA) is 86.5 Å². The van der Waals surface area contributed by atoms with Gasteiger partial charge in [-0.15, -0.1) is 5.10 Å². The van der Waals surface area contributed by atoms with E-state index in [1.807, 2.05) is 13.8 Å². The van der Waals surface area contributed by atoms with Gasteiger partial charge in [-0.25, -0.2) is 9.97 Å². The first kappa shape index (κ1) is 28.3. The van der Waals surface area contributed by atoms with E-state index in [0.29, 0.717) is 42.8 Å². The molecule has 40 heavy (non-hydrogen) atoms. The number of anilines is 2. The van der Waals surface area contributed by atoms with Crippen LogP contribution in [-0.2, 0) is 12.7 Å². The number of nitrogens with zero attached hydrogens (tertiary/aromatic N) is 7. The molecule has 2 aromatic heterocycles. The summed E-state index contributed by atoms with van der Waals surface area (Å²) in [5, 5.41) is 11.1. The summed E-state index contributed by atoms with van der Waals surface area (Å²) >= 11 is 0. The second kappa shape index (κ2) is 12.1. The zero-order valence-corrected chi connectivity index (χ0v) is 23.3. The van der Waals surface area contributed by atoms with E-state index in [0.717, 1.165) is 69.1 Å². The molecule has 0 radical (unpaired) electrons. The van der Waals surface area contributed by atoms with Crippen molar-refractivity contribution in [2.24, 2.45) is 0 Å². The van der Waals surface area contributed by atoms with Crippen LogP contribution in [0.25, 0.3) is 11.6 Å². The standard InChI is InChI=1S/C28H37F3N8O/c1-4-22-18-38(25-19(3)34-24(16-33-25)26-35-36-27(40-26)32-5-2)14-15-39(22)23-10-12-37(13-11-23)17-20-6-8-21(9-7-20)28(29,30)31/h6-9,16,22-23H,4-5,10-15,17-18H2,1-3H3,(H,32,36)/t22-/m0/s1. The zero-order valence-electron chi connectivity index (χ0n) is 23.3. The number of hydrogen-bond donors (Lipinski definition) is 1. The molecule has 0 spiro atoms. The molecule has 0 amide bonds. The van der Waals surface area contributed by atoms with Gasteiger partial charge in [0.25, 0.3) is 5.89 Å². The van der Waals surface area contributed by atoms with Gasteiger partial charge in [-0.05, 0) is 63.9 Å². The van der Waals surface area contributed by atoms with E-state index in [1.54, 1.807) is 18.3 Å². The lowest BCUT2D eigenvalue weighted by Crippen LogP contribution is -2.58. The lowest BCUT2D eigenvalue weighted by molar-refractivity contribution is -0.137. The highest BCUT2D eigenvalue weighted by Gasteiger charge is 2.34. The van der Waals surface area contributed by atoms with Crippen LogP contribution in [0, 0.1) is 6.92 Å². The minimum Gasteiger partial charge on any atom is -0.402 e. The lowest BCUT2D eigenvalue weighted by Gasteiger charge is -2.47. The number of aromatic nitrogens is 4. The number of hydrogen-bond acceptors (Lipinski definition) is 9. The van der Waals surface area contributed by atoms with Gasteiger partial charge in [0.15, 0.2) is 0 Å². The summed E-state index contributed by atoms with van der Waals surface area (Å²) in [6, 6.07) is 6.85. The number of alkyl halides is 3. The van der Waals surface area contributed by atoms with Crippen LogP contribution in [0.2, 0.25) is 0 Å². The summed E-state index contributed by atoms with van der Waals surface area (Å²) in [7, 11) is 0. The summed E-state index contributed by atoms with van der Waals surface area (Å²) in [5.41, 5.74) is 1.72. The molecule has 2 fully saturated rings. The highest BCUT2D eigenvalue weighted by atomic mass is 19.4. The molecule has 2 saturated heterocycles. The molecule has 2 aliphatic rings. The summed E-state index contributed by atoms with van der Waals surface area (Å²) in [6.07, 6.45) is 0.567. The molecule has 5 rings (SSSR count). The van der Waals surface area contributed by atoms with Crippen LogP contribution < -0.4 is 10.2 Å². The highest BCUT2D eigenvalue weighted by Crippen LogP contribution is 2.30. The largest absolute Gasteiger partial charge is 0.416 e. The normalized spacial score (nSPS) is 19.8. The zero-order chi connectivity index (χ0) is 28.3. The van der Waals surface area contributed by atoms with Gasteiger partial charge in [0, 0.05) is 44.8 Å². The second-order valence-electron chi connectivity index (χ2n) is 10.6. The molecule has 1 atom stereocenters. The number of piperazine rings is 1. The number of halogens is 3. The Balaban J connectivity index is 1.16. The minimum absolute atomic E-state index is 0.346. The van der Waals surface area contributed by atoms with Crippen molar-refractivity contribution in [1.29, 1.82) is 0 Å². The van der Waals surface area contributed by atoms with Crippen molar-refractivity contribution >= 4 is 11.8 Å². The van der Waals surface area contributed by atoms with Crippen molar-refractivity contribution in [3.63, 3.8) is 0 Å². The Morgan fingerprint density at radius 2 is 1.77 bits per heavy atom. The number of likely N-dealkylation sites (tertiary alicyclic amines) is 1. The van der Waals surface area contributed by atoms with Gasteiger partial charge >= 0.3 is 12.2 Å². The van der Waals surface area contributed by atoms with Crippen molar-refractivity contribution in [2.75, 3.05) is 49.5 Å². The Bertz CT molecular complexity index is 1260. The quantitative estimate of drug-likeness (QED) is 0.417. The van der Waals surface area contributed by atoms with E-state index in [1.165, 1.54) is 12.1 Å². The third-order valence-corrected chi connectivity index (χ3v) is 7.91. The molecule has 216 valence electrons. The molecule has 1 aromatic carbocycles. The van der Waals surface area contributed by atoms with Gasteiger partial charge in [0.2, 0.25) is 0 Å². The third kappa shape index (κ3) is 6.38. The van der Waals surface area contributed by atoms with Gasteiger partial charge in [-0.2, -0.15) is 13.2 Å². The van der Waals surface area contributed by atoms with E-state index in [4.69, 9.17) is 14.4 Å². The molecular formula is C28H37F3N8O. The van der Waals surface area contributed by atoms with Gasteiger partial charge in [0.1, 0.15) is 11.5 Å². The molecule has 4 heterocycles. The van der Waals surface area contributed by atoms with Crippen LogP contribution >= 0.6 is 0 Å². The molecule has 0 aliphatic carbocycles. The fourth-order valence-electron chi connectivity index (χ4n) is 5.81. The van der Waals surface area contributed by atoms with Gasteiger partial charge in [0.05, 0.1) is 17.5 Å². The number of aryl methyl sites for hydroxylation is 1. The Kier molecular flexibility index (Phi) is 8.55. The fraction of sp³-hybridized carbons (Fsp3) is 0.571. The molecule has 0 bridgehead atoms. The lowest BCUT2D eigenvalue weighted by atomic mass is 9.97. The summed E-state index contributed by atoms with van der Waals surface area (Å²) in [5.74, 6) is 1.23. The Morgan fingerprint density at radius 3 is 2.42 bits per heavy atom. The van der Waals surface area contributed by atoms with E-state index in [9.17, 15) is 13.2 Å². The minimum atomic E-state index is -4.29. The van der Waals surface area contributed by atoms with Crippen LogP contribution in [-0.4, -0.2) is 81.3 Å². The average molecular weight is 559 g/mol. The van der Waals surface area contributed by atoms with E-state index in [-0.39, 0.29) is 0 Å². The van der Waals surface area contributed by atoms with Crippen molar-refractivity contribution in [1.82, 2.24) is 30.0 Å². The smallest absolute Gasteiger partial charge is 0.402 e. The molecule has 9 nitrogen and oxygen atoms in total. The second-order valence-corrected chi connectivity index (χ2v) is 10.6. The molecule has 0 unspecified atom stereocenters. The predicted octanol–water partition coefficient (Wildman–Crippen LogP) is 4.85. The van der Waals surface area contributed by atoms with Gasteiger partial charge in [-0.1, -0.05) is 24.2 Å². The summed E-state index contributed by atoms with van der Waals surface area (Å²) in [4.78, 5) is 16.8. The van der Waals surface area contributed by atoms with Crippen LogP contribution in [0.4, 0.5) is 25.0 Å². The maximum absolute atomic E-state index is 12.9. The monoisotopic (exact) mass is 558 g/mol. The average Bonchev–Trinajstić information content (AvgIpc) is 3.42. The van der Waals surface area contributed by atoms with Gasteiger partial charge < -0.3 is 14.6 Å². The van der Waals surface area contributed by atoms with Crippen LogP contribution in [0.3, 0.4) is 0 Å². The fourth-order valence-corrected chi connectivity index (χ4v) is 5.81. The predicted molar refractivity (Wildman–Crippen MR) is 147 cm³/mol. The molecule has 12 heteroatoms. The highest BCUT2D eigenvalue weighted by molar-refractivity contribution is 5.52. The molecule has 3 aromatic rings. The first-order chi connectivity index (χ1) is 19.2. The SMILES string of the molecule is CCNc1nnc(-c2cnc(N3CCN(C4CCN(Cc5ccc(C(F)(F)F)cc5)CC4)[C@@H](CC)C3)c(C)n2)o1. The van der Waals surface area contributed by atoms with E-state index >= 15 is 0 Å². The van der Waals surface area contributed by atoms with Crippen molar-refractivity contribution in [3.8, 4) is 11.6 Å². The van der Waals surface area contributed by atoms with Crippen LogP contribution in [0.5, 0.6) is 0 Å². The molecular weight excluding hydrogens is 521 g/mol. The molecule has 0 saturated carbocycles. The number of benzene rings is 1. The molecule has 2 aliphatic heterocycles. The van der Waals surface area contributed by atoms with Crippen molar-refractivity contribution in [3.05, 3.63) is 47.3 Å². The van der Waals surface area contributed by atoms with E-state index < -0.39 is 11.7 Å².